The zero-order valence-electron chi connectivity index (χ0n) is 33.3. The molecular weight excluding hydrogens is 790 g/mol. The fourth-order valence-electron chi connectivity index (χ4n) is 11.0. The Morgan fingerprint density at radius 1 is 0.847 bits per heavy atom. The highest BCUT2D eigenvalue weighted by atomic mass is 35.5. The lowest BCUT2D eigenvalue weighted by molar-refractivity contribution is -0.137. The molecule has 3 fully saturated rings. The fourth-order valence-corrected chi connectivity index (χ4v) is 11.4. The molecule has 310 valence electrons. The van der Waals surface area contributed by atoms with Crippen LogP contribution in [0.5, 0.6) is 0 Å². The van der Waals surface area contributed by atoms with E-state index >= 15 is 14.0 Å². The molecule has 59 heavy (non-hydrogen) atoms. The van der Waals surface area contributed by atoms with E-state index in [0.29, 0.717) is 73.2 Å². The van der Waals surface area contributed by atoms with Gasteiger partial charge in [-0.1, -0.05) is 116 Å². The highest BCUT2D eigenvalue weighted by molar-refractivity contribution is 6.31. The number of carbonyl (C=O) groups is 3. The molecule has 0 bridgehead atoms. The molecule has 5 atom stereocenters. The van der Waals surface area contributed by atoms with Gasteiger partial charge in [0.1, 0.15) is 17.8 Å². The average Bonchev–Trinajstić information content (AvgIpc) is 3.66. The molecule has 0 radical (unpaired) electrons. The van der Waals surface area contributed by atoms with Crippen molar-refractivity contribution in [2.24, 2.45) is 5.41 Å². The van der Waals surface area contributed by atoms with E-state index in [1.165, 1.54) is 6.07 Å². The third-order valence-electron chi connectivity index (χ3n) is 13.8. The van der Waals surface area contributed by atoms with Crippen molar-refractivity contribution >= 4 is 46.6 Å². The lowest BCUT2D eigenvalue weighted by atomic mass is 9.53. The van der Waals surface area contributed by atoms with Gasteiger partial charge in [-0.15, -0.1) is 0 Å². The van der Waals surface area contributed by atoms with Crippen LogP contribution in [-0.2, 0) is 19.8 Å². The zero-order chi connectivity index (χ0) is 41.7. The van der Waals surface area contributed by atoms with Crippen LogP contribution in [0.4, 0.5) is 10.1 Å². The standard InChI is InChI=1S/C47H51Cl2FN4O5/c1-45(2)22-24-46(25-23-45)47(34-21-16-30(48)26-36(34)53-44(47)59)38(33-14-9-15-35(49)39(33)50)41(43(58)52-32-19-17-31(18-20-32)51-37(56)27-55)54(46)40(28-10-5-3-6-11-28)42(57)29-12-7-4-8-13-29/h3-16,21,26,31-32,38,40-42,55,57H,17-20,22-25,27H2,1-2H3,(H,51,56)(H,52,58)(H,53,59)/t31?,32?,38-,40+,41+,42-,47+/m0/s1. The predicted octanol–water partition coefficient (Wildman–Crippen LogP) is 8.14. The Hall–Kier alpha value is -4.32. The quantitative estimate of drug-likeness (QED) is 0.116. The van der Waals surface area contributed by atoms with E-state index in [1.807, 2.05) is 66.7 Å². The number of likely N-dealkylation sites (tertiary alicyclic amines) is 1. The minimum atomic E-state index is -1.56. The highest BCUT2D eigenvalue weighted by Gasteiger charge is 2.77. The number of benzene rings is 4. The monoisotopic (exact) mass is 840 g/mol. The van der Waals surface area contributed by atoms with Crippen molar-refractivity contribution in [2.75, 3.05) is 11.9 Å². The molecule has 0 unspecified atom stereocenters. The first-order valence-corrected chi connectivity index (χ1v) is 21.4. The molecule has 8 rings (SSSR count). The minimum absolute atomic E-state index is 0.114. The Labute approximate surface area is 354 Å². The Morgan fingerprint density at radius 3 is 2.08 bits per heavy atom. The van der Waals surface area contributed by atoms with Crippen LogP contribution in [-0.4, -0.2) is 63.1 Å². The van der Waals surface area contributed by atoms with Gasteiger partial charge in [0.15, 0.2) is 0 Å². The summed E-state index contributed by atoms with van der Waals surface area (Å²) in [4.78, 5) is 45.6. The van der Waals surface area contributed by atoms with Gasteiger partial charge in [-0.25, -0.2) is 4.39 Å². The van der Waals surface area contributed by atoms with Gasteiger partial charge in [-0.2, -0.15) is 0 Å². The summed E-state index contributed by atoms with van der Waals surface area (Å²) in [6.07, 6.45) is 3.36. The number of halogens is 3. The number of hydrogen-bond donors (Lipinski definition) is 5. The molecule has 2 aliphatic carbocycles. The first kappa shape index (κ1) is 41.4. The Bertz CT molecular complexity index is 2210. The molecule has 9 nitrogen and oxygen atoms in total. The molecule has 2 saturated carbocycles. The van der Waals surface area contributed by atoms with Gasteiger partial charge >= 0.3 is 0 Å². The minimum Gasteiger partial charge on any atom is -0.387 e. The van der Waals surface area contributed by atoms with E-state index in [2.05, 4.69) is 34.7 Å². The Morgan fingerprint density at radius 2 is 1.46 bits per heavy atom. The number of nitrogens with zero attached hydrogens (tertiary/aromatic N) is 1. The van der Waals surface area contributed by atoms with Crippen LogP contribution < -0.4 is 16.0 Å². The third kappa shape index (κ3) is 7.14. The Kier molecular flexibility index (Phi) is 11.4. The lowest BCUT2D eigenvalue weighted by Gasteiger charge is -2.56. The second-order valence-electron chi connectivity index (χ2n) is 17.6. The van der Waals surface area contributed by atoms with Crippen molar-refractivity contribution in [3.8, 4) is 0 Å². The van der Waals surface area contributed by atoms with Gasteiger partial charge < -0.3 is 26.2 Å². The number of fused-ring (bicyclic) bond motifs is 3. The number of anilines is 1. The Balaban J connectivity index is 1.40. The van der Waals surface area contributed by atoms with E-state index in [0.717, 1.165) is 5.56 Å². The van der Waals surface area contributed by atoms with Crippen molar-refractivity contribution in [2.45, 2.75) is 112 Å². The van der Waals surface area contributed by atoms with Crippen LogP contribution in [0.15, 0.2) is 97.1 Å². The van der Waals surface area contributed by atoms with Gasteiger partial charge in [-0.05, 0) is 97.2 Å². The summed E-state index contributed by atoms with van der Waals surface area (Å²) in [5.41, 5.74) is -0.202. The van der Waals surface area contributed by atoms with E-state index < -0.39 is 59.3 Å². The molecular formula is C47H51Cl2FN4O5. The number of amides is 3. The third-order valence-corrected chi connectivity index (χ3v) is 14.3. The van der Waals surface area contributed by atoms with Crippen molar-refractivity contribution in [1.82, 2.24) is 15.5 Å². The van der Waals surface area contributed by atoms with Gasteiger partial charge in [0.05, 0.1) is 23.2 Å². The summed E-state index contributed by atoms with van der Waals surface area (Å²) in [5, 5.41) is 31.9. The van der Waals surface area contributed by atoms with Crippen LogP contribution >= 0.6 is 23.2 Å². The topological polar surface area (TPSA) is 131 Å². The number of aliphatic hydroxyl groups is 2. The predicted molar refractivity (Wildman–Crippen MR) is 227 cm³/mol. The zero-order valence-corrected chi connectivity index (χ0v) is 34.8. The molecule has 2 heterocycles. The molecule has 5 N–H and O–H groups in total. The molecule has 4 aromatic rings. The van der Waals surface area contributed by atoms with Crippen molar-refractivity contribution < 1.29 is 29.0 Å². The molecule has 2 spiro atoms. The highest BCUT2D eigenvalue weighted by Crippen LogP contribution is 2.70. The van der Waals surface area contributed by atoms with Gasteiger partial charge in [0.2, 0.25) is 17.7 Å². The van der Waals surface area contributed by atoms with Crippen LogP contribution in [0, 0.1) is 11.2 Å². The first-order chi connectivity index (χ1) is 28.3. The van der Waals surface area contributed by atoms with Crippen LogP contribution in [0.3, 0.4) is 0 Å². The maximum absolute atomic E-state index is 17.1. The largest absolute Gasteiger partial charge is 0.387 e. The summed E-state index contributed by atoms with van der Waals surface area (Å²) in [6.45, 7) is 3.81. The number of aliphatic hydroxyl groups excluding tert-OH is 2. The van der Waals surface area contributed by atoms with Crippen LogP contribution in [0.25, 0.3) is 0 Å². The van der Waals surface area contributed by atoms with E-state index in [4.69, 9.17) is 23.2 Å². The fraction of sp³-hybridized carbons (Fsp3) is 0.426. The van der Waals surface area contributed by atoms with Gasteiger partial charge in [0, 0.05) is 34.3 Å². The van der Waals surface area contributed by atoms with Crippen LogP contribution in [0.1, 0.15) is 106 Å². The normalized spacial score (nSPS) is 26.9. The molecule has 12 heteroatoms. The summed E-state index contributed by atoms with van der Waals surface area (Å²) in [7, 11) is 0. The van der Waals surface area contributed by atoms with E-state index in [-0.39, 0.29) is 34.0 Å². The molecule has 0 aromatic heterocycles. The number of rotatable bonds is 9. The number of hydrogen-bond acceptors (Lipinski definition) is 6. The number of nitrogens with one attached hydrogen (secondary N) is 3. The SMILES string of the molecule is CC1(C)CCC2(CC1)N([C@H](c1ccccc1)[C@@H](O)c1ccccc1)[C@@H](C(=O)NC1CCC(NC(=O)CO)CC1)[C@H](c1cccc(Cl)c1F)[C@]21C(=O)Nc2cc(Cl)ccc21. The van der Waals surface area contributed by atoms with E-state index in [1.54, 1.807) is 24.3 Å². The first-order valence-electron chi connectivity index (χ1n) is 20.6. The molecule has 4 aromatic carbocycles. The smallest absolute Gasteiger partial charge is 0.245 e. The average molecular weight is 842 g/mol. The van der Waals surface area contributed by atoms with Gasteiger partial charge in [0.25, 0.3) is 0 Å². The van der Waals surface area contributed by atoms with Crippen LogP contribution in [0.2, 0.25) is 10.0 Å². The second-order valence-corrected chi connectivity index (χ2v) is 18.5. The van der Waals surface area contributed by atoms with Crippen molar-refractivity contribution in [1.29, 1.82) is 0 Å². The number of carbonyl (C=O) groups excluding carboxylic acids is 3. The second kappa shape index (κ2) is 16.3. The molecule has 1 saturated heterocycles. The van der Waals surface area contributed by atoms with Gasteiger partial charge in [-0.3, -0.25) is 19.3 Å². The maximum atomic E-state index is 17.1. The van der Waals surface area contributed by atoms with E-state index in [9.17, 15) is 15.0 Å². The molecule has 4 aliphatic rings. The maximum Gasteiger partial charge on any atom is 0.245 e. The molecule has 2 aliphatic heterocycles. The van der Waals surface area contributed by atoms with Crippen molar-refractivity contribution in [3.05, 3.63) is 135 Å². The summed E-state index contributed by atoms with van der Waals surface area (Å²) in [6, 6.07) is 26.5. The van der Waals surface area contributed by atoms with Crippen molar-refractivity contribution in [3.63, 3.8) is 0 Å². The molecule has 3 amide bonds. The summed E-state index contributed by atoms with van der Waals surface area (Å²) in [5.74, 6) is -3.04. The lowest BCUT2D eigenvalue weighted by Crippen LogP contribution is -2.64. The summed E-state index contributed by atoms with van der Waals surface area (Å²) >= 11 is 13.2. The summed E-state index contributed by atoms with van der Waals surface area (Å²) < 4.78 is 17.1.